The van der Waals surface area contributed by atoms with Crippen LogP contribution in [0.2, 0.25) is 0 Å². The molecule has 3 atom stereocenters. The highest BCUT2D eigenvalue weighted by molar-refractivity contribution is 5.88. The highest BCUT2D eigenvalue weighted by atomic mass is 16.4. The second-order valence-corrected chi connectivity index (χ2v) is 6.40. The highest BCUT2D eigenvalue weighted by Gasteiger charge is 2.35. The van der Waals surface area contributed by atoms with Crippen LogP contribution in [0.15, 0.2) is 0 Å². The average Bonchev–Trinajstić information content (AvgIpc) is 2.96. The Hall–Kier alpha value is -1.59. The van der Waals surface area contributed by atoms with Gasteiger partial charge in [-0.25, -0.2) is 0 Å². The molecule has 22 heavy (non-hydrogen) atoms. The van der Waals surface area contributed by atoms with Crippen LogP contribution >= 0.6 is 0 Å². The normalized spacial score (nSPS) is 28.4. The molecule has 2 fully saturated rings. The molecule has 2 N–H and O–H groups in total. The van der Waals surface area contributed by atoms with E-state index in [2.05, 4.69) is 5.32 Å². The van der Waals surface area contributed by atoms with E-state index in [1.807, 2.05) is 6.92 Å². The third kappa shape index (κ3) is 3.99. The number of nitrogens with zero attached hydrogens (tertiary/aromatic N) is 1. The van der Waals surface area contributed by atoms with Crippen molar-refractivity contribution in [3.8, 4) is 0 Å². The van der Waals surface area contributed by atoms with Crippen LogP contribution in [0.3, 0.4) is 0 Å². The quantitative estimate of drug-likeness (QED) is 0.806. The van der Waals surface area contributed by atoms with Crippen molar-refractivity contribution in [3.05, 3.63) is 0 Å². The molecular weight excluding hydrogens is 284 g/mol. The predicted octanol–water partition coefficient (Wildman–Crippen LogP) is 1.54. The fourth-order valence-electron chi connectivity index (χ4n) is 3.49. The molecule has 0 aromatic rings. The predicted molar refractivity (Wildman–Crippen MR) is 81.2 cm³/mol. The van der Waals surface area contributed by atoms with E-state index in [4.69, 9.17) is 5.11 Å². The standard InChI is InChI=1S/C16H26N2O4/c1-2-5-14(19)18-9-4-3-6-13(18)15(20)17-12-8-7-11(10-12)16(21)22/h11-13H,2-10H2,1H3,(H,17,20)(H,21,22)/t11-,12+,13?/m1/s1. The van der Waals surface area contributed by atoms with Gasteiger partial charge in [0.05, 0.1) is 5.92 Å². The van der Waals surface area contributed by atoms with E-state index in [0.717, 1.165) is 19.3 Å². The Morgan fingerprint density at radius 2 is 1.95 bits per heavy atom. The van der Waals surface area contributed by atoms with Gasteiger partial charge in [-0.2, -0.15) is 0 Å². The number of aliphatic carboxylic acids is 1. The lowest BCUT2D eigenvalue weighted by Crippen LogP contribution is -2.53. The smallest absolute Gasteiger partial charge is 0.306 e. The van der Waals surface area contributed by atoms with Gasteiger partial charge in [0.2, 0.25) is 11.8 Å². The average molecular weight is 310 g/mol. The molecule has 2 aliphatic rings. The van der Waals surface area contributed by atoms with Crippen LogP contribution in [0.5, 0.6) is 0 Å². The minimum Gasteiger partial charge on any atom is -0.481 e. The van der Waals surface area contributed by atoms with Crippen LogP contribution in [0.4, 0.5) is 0 Å². The summed E-state index contributed by atoms with van der Waals surface area (Å²) >= 11 is 0. The first-order valence-corrected chi connectivity index (χ1v) is 8.35. The van der Waals surface area contributed by atoms with E-state index in [1.165, 1.54) is 0 Å². The SMILES string of the molecule is CCCC(=O)N1CCCCC1C(=O)N[C@H]1CC[C@@H](C(=O)O)C1. The monoisotopic (exact) mass is 310 g/mol. The molecule has 124 valence electrons. The molecule has 0 aromatic heterocycles. The van der Waals surface area contributed by atoms with Crippen molar-refractivity contribution in [2.24, 2.45) is 5.92 Å². The third-order valence-electron chi connectivity index (χ3n) is 4.72. The molecule has 1 aliphatic heterocycles. The number of hydrogen-bond acceptors (Lipinski definition) is 3. The van der Waals surface area contributed by atoms with Crippen molar-refractivity contribution in [2.45, 2.75) is 70.4 Å². The summed E-state index contributed by atoms with van der Waals surface area (Å²) in [4.78, 5) is 37.4. The minimum absolute atomic E-state index is 0.0529. The summed E-state index contributed by atoms with van der Waals surface area (Å²) in [6.07, 6.45) is 5.69. The first-order valence-electron chi connectivity index (χ1n) is 8.35. The molecule has 1 saturated carbocycles. The molecule has 1 heterocycles. The molecule has 6 nitrogen and oxygen atoms in total. The van der Waals surface area contributed by atoms with Gasteiger partial charge in [0.25, 0.3) is 0 Å². The van der Waals surface area contributed by atoms with Crippen LogP contribution in [0.25, 0.3) is 0 Å². The minimum atomic E-state index is -0.783. The van der Waals surface area contributed by atoms with Gasteiger partial charge in [0.1, 0.15) is 6.04 Å². The van der Waals surface area contributed by atoms with Crippen molar-refractivity contribution in [3.63, 3.8) is 0 Å². The van der Waals surface area contributed by atoms with E-state index in [9.17, 15) is 14.4 Å². The van der Waals surface area contributed by atoms with Crippen molar-refractivity contribution < 1.29 is 19.5 Å². The van der Waals surface area contributed by atoms with E-state index in [-0.39, 0.29) is 29.8 Å². The molecule has 1 saturated heterocycles. The van der Waals surface area contributed by atoms with Crippen LogP contribution < -0.4 is 5.32 Å². The molecule has 0 radical (unpaired) electrons. The zero-order valence-electron chi connectivity index (χ0n) is 13.2. The van der Waals surface area contributed by atoms with Crippen LogP contribution in [0, 0.1) is 5.92 Å². The maximum atomic E-state index is 12.5. The second kappa shape index (κ2) is 7.61. The summed E-state index contributed by atoms with van der Waals surface area (Å²) in [5, 5.41) is 12.0. The highest BCUT2D eigenvalue weighted by Crippen LogP contribution is 2.26. The lowest BCUT2D eigenvalue weighted by atomic mass is 10.00. The Morgan fingerprint density at radius 1 is 1.18 bits per heavy atom. The number of hydrogen-bond donors (Lipinski definition) is 2. The first-order chi connectivity index (χ1) is 10.5. The van der Waals surface area contributed by atoms with Gasteiger partial charge < -0.3 is 15.3 Å². The number of carboxylic acid groups (broad SMARTS) is 1. The molecule has 0 aromatic carbocycles. The summed E-state index contributed by atoms with van der Waals surface area (Å²) < 4.78 is 0. The van der Waals surface area contributed by atoms with Gasteiger partial charge in [0.15, 0.2) is 0 Å². The molecule has 1 unspecified atom stereocenters. The Kier molecular flexibility index (Phi) is 5.80. The van der Waals surface area contributed by atoms with E-state index < -0.39 is 5.97 Å². The molecular formula is C16H26N2O4. The molecule has 0 spiro atoms. The zero-order valence-corrected chi connectivity index (χ0v) is 13.2. The Bertz CT molecular complexity index is 438. The lowest BCUT2D eigenvalue weighted by molar-refractivity contribution is -0.142. The zero-order chi connectivity index (χ0) is 16.1. The van der Waals surface area contributed by atoms with Gasteiger partial charge in [-0.05, 0) is 44.9 Å². The van der Waals surface area contributed by atoms with Gasteiger partial charge in [-0.3, -0.25) is 14.4 Å². The number of amides is 2. The fraction of sp³-hybridized carbons (Fsp3) is 0.812. The summed E-state index contributed by atoms with van der Waals surface area (Å²) in [6, 6.07) is -0.449. The summed E-state index contributed by atoms with van der Waals surface area (Å²) in [5.74, 6) is -1.19. The van der Waals surface area contributed by atoms with E-state index >= 15 is 0 Å². The van der Waals surface area contributed by atoms with Crippen molar-refractivity contribution in [1.82, 2.24) is 10.2 Å². The Morgan fingerprint density at radius 3 is 2.59 bits per heavy atom. The molecule has 2 amide bonds. The first kappa shape index (κ1) is 16.8. The summed E-state index contributed by atoms with van der Waals surface area (Å²) in [7, 11) is 0. The second-order valence-electron chi connectivity index (χ2n) is 6.40. The fourth-order valence-corrected chi connectivity index (χ4v) is 3.49. The number of likely N-dealkylation sites (tertiary alicyclic amines) is 1. The number of carbonyl (C=O) groups excluding carboxylic acids is 2. The Labute approximate surface area is 131 Å². The largest absolute Gasteiger partial charge is 0.481 e. The van der Waals surface area contributed by atoms with Gasteiger partial charge in [-0.1, -0.05) is 6.92 Å². The lowest BCUT2D eigenvalue weighted by Gasteiger charge is -2.35. The Balaban J connectivity index is 1.92. The van der Waals surface area contributed by atoms with Crippen LogP contribution in [-0.4, -0.2) is 46.4 Å². The van der Waals surface area contributed by atoms with Gasteiger partial charge in [0, 0.05) is 19.0 Å². The number of rotatable bonds is 5. The maximum absolute atomic E-state index is 12.5. The van der Waals surface area contributed by atoms with Gasteiger partial charge >= 0.3 is 5.97 Å². The third-order valence-corrected chi connectivity index (χ3v) is 4.72. The van der Waals surface area contributed by atoms with Crippen molar-refractivity contribution in [1.29, 1.82) is 0 Å². The molecule has 1 aliphatic carbocycles. The number of nitrogens with one attached hydrogen (secondary N) is 1. The maximum Gasteiger partial charge on any atom is 0.306 e. The molecule has 0 bridgehead atoms. The van der Waals surface area contributed by atoms with Crippen molar-refractivity contribution in [2.75, 3.05) is 6.54 Å². The number of carbonyl (C=O) groups is 3. The van der Waals surface area contributed by atoms with Crippen molar-refractivity contribution >= 4 is 17.8 Å². The summed E-state index contributed by atoms with van der Waals surface area (Å²) in [5.41, 5.74) is 0. The van der Waals surface area contributed by atoms with Crippen LogP contribution in [-0.2, 0) is 14.4 Å². The summed E-state index contributed by atoms with van der Waals surface area (Å²) in [6.45, 7) is 2.61. The van der Waals surface area contributed by atoms with E-state index in [1.54, 1.807) is 4.90 Å². The topological polar surface area (TPSA) is 86.7 Å². The van der Waals surface area contributed by atoms with E-state index in [0.29, 0.717) is 38.6 Å². The number of piperidine rings is 1. The molecule has 6 heteroatoms. The van der Waals surface area contributed by atoms with Crippen LogP contribution in [0.1, 0.15) is 58.3 Å². The van der Waals surface area contributed by atoms with Gasteiger partial charge in [-0.15, -0.1) is 0 Å². The molecule has 2 rings (SSSR count). The number of carboxylic acids is 1.